The lowest BCUT2D eigenvalue weighted by Crippen LogP contribution is -2.29. The lowest BCUT2D eigenvalue weighted by molar-refractivity contribution is 0.0696. The van der Waals surface area contributed by atoms with Crippen molar-refractivity contribution in [1.29, 1.82) is 0 Å². The Morgan fingerprint density at radius 1 is 0.907 bits per heavy atom. The fraction of sp³-hybridized carbons (Fsp3) is 0.0909. The van der Waals surface area contributed by atoms with Crippen molar-refractivity contribution in [2.24, 2.45) is 0 Å². The van der Waals surface area contributed by atoms with Gasteiger partial charge < -0.3 is 29.6 Å². The molecule has 2 atom stereocenters. The topological polar surface area (TPSA) is 125 Å². The van der Waals surface area contributed by atoms with Gasteiger partial charge in [-0.2, -0.15) is 0 Å². The molecule has 0 aliphatic carbocycles. The van der Waals surface area contributed by atoms with Gasteiger partial charge in [-0.25, -0.2) is 9.59 Å². The maximum absolute atomic E-state index is 11.7. The number of benzene rings is 3. The van der Waals surface area contributed by atoms with Gasteiger partial charge in [-0.05, 0) is 97.5 Å². The van der Waals surface area contributed by atoms with Crippen LogP contribution in [-0.4, -0.2) is 32.2 Å². The van der Waals surface area contributed by atoms with Crippen LogP contribution in [0.5, 0.6) is 11.5 Å². The molecule has 1 saturated heterocycles. The Hall–Kier alpha value is -5.48. The zero-order valence-corrected chi connectivity index (χ0v) is 23.6. The molecule has 2 unspecified atom stereocenters. The first-order valence-electron chi connectivity index (χ1n) is 13.3. The number of furan rings is 1. The van der Waals surface area contributed by atoms with E-state index < -0.39 is 18.0 Å². The molecule has 0 bridgehead atoms. The van der Waals surface area contributed by atoms with Gasteiger partial charge in [0, 0.05) is 17.4 Å². The average molecular weight is 592 g/mol. The van der Waals surface area contributed by atoms with E-state index in [1.54, 1.807) is 18.3 Å². The predicted octanol–water partition coefficient (Wildman–Crippen LogP) is 7.02. The number of pyridine rings is 1. The monoisotopic (exact) mass is 591 g/mol. The van der Waals surface area contributed by atoms with Gasteiger partial charge in [0.15, 0.2) is 5.11 Å². The van der Waals surface area contributed by atoms with Crippen LogP contribution in [0.4, 0.5) is 5.69 Å². The van der Waals surface area contributed by atoms with Crippen molar-refractivity contribution in [3.63, 3.8) is 0 Å². The van der Waals surface area contributed by atoms with Crippen LogP contribution in [0, 0.1) is 6.92 Å². The summed E-state index contributed by atoms with van der Waals surface area (Å²) in [7, 11) is 0. The van der Waals surface area contributed by atoms with Gasteiger partial charge in [-0.15, -0.1) is 0 Å². The summed E-state index contributed by atoms with van der Waals surface area (Å²) >= 11 is 5.81. The fourth-order valence-corrected chi connectivity index (χ4v) is 5.42. The number of hydrogen-bond donors (Lipinski definition) is 3. The molecule has 0 saturated carbocycles. The molecule has 5 aromatic rings. The summed E-state index contributed by atoms with van der Waals surface area (Å²) in [6.45, 7) is 1.98. The molecule has 10 heteroatoms. The van der Waals surface area contributed by atoms with Crippen LogP contribution in [0.15, 0.2) is 108 Å². The van der Waals surface area contributed by atoms with E-state index in [2.05, 4.69) is 10.3 Å². The summed E-state index contributed by atoms with van der Waals surface area (Å²) in [6, 6.07) is 27.5. The molecule has 3 aromatic carbocycles. The van der Waals surface area contributed by atoms with E-state index in [0.717, 1.165) is 28.8 Å². The van der Waals surface area contributed by atoms with Crippen molar-refractivity contribution in [2.45, 2.75) is 19.0 Å². The minimum Gasteiger partial charge on any atom is -0.478 e. The Bertz CT molecular complexity index is 1810. The van der Waals surface area contributed by atoms with Crippen molar-refractivity contribution >= 4 is 35.0 Å². The summed E-state index contributed by atoms with van der Waals surface area (Å²) in [6.07, 6.45) is 1.70. The molecule has 43 heavy (non-hydrogen) atoms. The van der Waals surface area contributed by atoms with Gasteiger partial charge in [-0.1, -0.05) is 24.3 Å². The molecule has 3 N–H and O–H groups in total. The molecule has 0 amide bonds. The number of aromatic nitrogens is 1. The maximum atomic E-state index is 11.7. The lowest BCUT2D eigenvalue weighted by Gasteiger charge is -2.26. The molecule has 1 aliphatic rings. The van der Waals surface area contributed by atoms with E-state index in [4.69, 9.17) is 21.4 Å². The first-order valence-corrected chi connectivity index (χ1v) is 13.8. The van der Waals surface area contributed by atoms with Crippen LogP contribution in [0.3, 0.4) is 0 Å². The third kappa shape index (κ3) is 5.55. The van der Waals surface area contributed by atoms with Crippen molar-refractivity contribution in [3.05, 3.63) is 131 Å². The number of carboxylic acid groups (broad SMARTS) is 2. The first-order chi connectivity index (χ1) is 20.8. The van der Waals surface area contributed by atoms with Crippen molar-refractivity contribution in [1.82, 2.24) is 10.3 Å². The van der Waals surface area contributed by atoms with Crippen LogP contribution >= 0.6 is 12.2 Å². The molecule has 1 fully saturated rings. The highest BCUT2D eigenvalue weighted by Gasteiger charge is 2.42. The molecule has 3 heterocycles. The van der Waals surface area contributed by atoms with Crippen molar-refractivity contribution in [2.75, 3.05) is 4.90 Å². The van der Waals surface area contributed by atoms with Crippen LogP contribution in [0.1, 0.15) is 49.8 Å². The minimum atomic E-state index is -1.24. The Labute approximate surface area is 252 Å². The molecular formula is C33H25N3O6S. The second kappa shape index (κ2) is 11.4. The number of nitrogens with zero attached hydrogens (tertiary/aromatic N) is 2. The highest BCUT2D eigenvalue weighted by atomic mass is 32.1. The zero-order valence-electron chi connectivity index (χ0n) is 22.8. The number of aromatic carboxylic acids is 2. The molecule has 214 valence electrons. The molecule has 0 spiro atoms. The minimum absolute atomic E-state index is 0.155. The predicted molar refractivity (Wildman–Crippen MR) is 164 cm³/mol. The molecule has 6 rings (SSSR count). The normalized spacial score (nSPS) is 16.1. The van der Waals surface area contributed by atoms with Crippen molar-refractivity contribution in [3.8, 4) is 22.8 Å². The number of hydrogen-bond acceptors (Lipinski definition) is 6. The summed E-state index contributed by atoms with van der Waals surface area (Å²) in [4.78, 5) is 29.9. The number of anilines is 1. The van der Waals surface area contributed by atoms with Gasteiger partial charge in [0.1, 0.15) is 29.1 Å². The van der Waals surface area contributed by atoms with E-state index in [0.29, 0.717) is 27.9 Å². The Balaban J connectivity index is 1.38. The van der Waals surface area contributed by atoms with E-state index in [9.17, 15) is 19.8 Å². The second-order valence-corrected chi connectivity index (χ2v) is 10.4. The number of carboxylic acids is 2. The summed E-state index contributed by atoms with van der Waals surface area (Å²) < 4.78 is 12.4. The highest BCUT2D eigenvalue weighted by Crippen LogP contribution is 2.43. The van der Waals surface area contributed by atoms with Crippen molar-refractivity contribution < 1.29 is 29.0 Å². The third-order valence-corrected chi connectivity index (χ3v) is 7.48. The quantitative estimate of drug-likeness (QED) is 0.162. The number of carbonyl (C=O) groups is 2. The number of ether oxygens (including phenoxy) is 1. The fourth-order valence-electron chi connectivity index (χ4n) is 5.08. The Morgan fingerprint density at radius 2 is 1.60 bits per heavy atom. The zero-order chi connectivity index (χ0) is 30.1. The van der Waals surface area contributed by atoms with Gasteiger partial charge >= 0.3 is 11.9 Å². The number of para-hydroxylation sites is 1. The largest absolute Gasteiger partial charge is 0.478 e. The van der Waals surface area contributed by atoms with Gasteiger partial charge in [0.2, 0.25) is 0 Å². The van der Waals surface area contributed by atoms with Crippen LogP contribution in [0.25, 0.3) is 11.3 Å². The van der Waals surface area contributed by atoms with Crippen LogP contribution in [0.2, 0.25) is 0 Å². The third-order valence-electron chi connectivity index (χ3n) is 7.16. The smallest absolute Gasteiger partial charge is 0.335 e. The van der Waals surface area contributed by atoms with Gasteiger partial charge in [-0.3, -0.25) is 4.98 Å². The SMILES string of the molecule is Cc1ccccc1Oc1ccc(N2C(=S)NC(c3ccccn3)C2c2ccc(-c3cc(C(=O)O)cc(C(=O)O)c3)o2)cc1. The lowest BCUT2D eigenvalue weighted by atomic mass is 10.0. The number of aryl methyl sites for hydroxylation is 1. The van der Waals surface area contributed by atoms with Gasteiger partial charge in [0.25, 0.3) is 0 Å². The Morgan fingerprint density at radius 3 is 2.26 bits per heavy atom. The molecule has 2 aromatic heterocycles. The Kier molecular flexibility index (Phi) is 7.35. The summed E-state index contributed by atoms with van der Waals surface area (Å²) in [5, 5.41) is 22.9. The average Bonchev–Trinajstić information content (AvgIpc) is 3.64. The summed E-state index contributed by atoms with van der Waals surface area (Å²) in [5.74, 6) is -0.198. The molecule has 1 aliphatic heterocycles. The van der Waals surface area contributed by atoms with E-state index in [1.807, 2.05) is 78.6 Å². The van der Waals surface area contributed by atoms with Crippen LogP contribution < -0.4 is 15.0 Å². The van der Waals surface area contributed by atoms with Crippen LogP contribution in [-0.2, 0) is 0 Å². The first kappa shape index (κ1) is 27.7. The number of nitrogens with one attached hydrogen (secondary N) is 1. The maximum Gasteiger partial charge on any atom is 0.335 e. The van der Waals surface area contributed by atoms with Gasteiger partial charge in [0.05, 0.1) is 22.9 Å². The highest BCUT2D eigenvalue weighted by molar-refractivity contribution is 7.80. The number of rotatable bonds is 8. The van der Waals surface area contributed by atoms with E-state index in [1.165, 1.54) is 12.1 Å². The standard InChI is InChI=1S/C33H25N3O6S/c1-19-6-2-3-8-26(19)41-24-11-9-23(10-12-24)36-30(29(35-33(36)43)25-7-4-5-15-34-25)28-14-13-27(42-28)20-16-21(31(37)38)18-22(17-20)32(39)40/h2-18,29-30H,1H3,(H,35,43)(H,37,38)(H,39,40). The van der Waals surface area contributed by atoms with E-state index >= 15 is 0 Å². The second-order valence-electron chi connectivity index (χ2n) is 9.97. The molecule has 9 nitrogen and oxygen atoms in total. The summed E-state index contributed by atoms with van der Waals surface area (Å²) in [5.41, 5.74) is 2.58. The molecular weight excluding hydrogens is 566 g/mol. The number of thiocarbonyl (C=S) groups is 1. The molecule has 0 radical (unpaired) electrons. The van der Waals surface area contributed by atoms with E-state index in [-0.39, 0.29) is 17.2 Å².